The Hall–Kier alpha value is -1.58. The number of carboxylic acid groups (broad SMARTS) is 1. The number of rotatable bonds is 5. The van der Waals surface area contributed by atoms with Gasteiger partial charge in [-0.05, 0) is 18.9 Å². The Morgan fingerprint density at radius 1 is 1.69 bits per heavy atom. The van der Waals surface area contributed by atoms with Crippen molar-refractivity contribution in [3.63, 3.8) is 0 Å². The number of carbonyl (C=O) groups is 1. The largest absolute Gasteiger partial charge is 0.481 e. The van der Waals surface area contributed by atoms with Crippen molar-refractivity contribution >= 4 is 12.0 Å². The first-order valence-corrected chi connectivity index (χ1v) is 4.16. The fourth-order valence-electron chi connectivity index (χ4n) is 0.939. The van der Waals surface area contributed by atoms with Gasteiger partial charge in [0.1, 0.15) is 0 Å². The lowest BCUT2D eigenvalue weighted by Gasteiger charge is -1.89. The second kappa shape index (κ2) is 5.13. The molecule has 0 radical (unpaired) electrons. The van der Waals surface area contributed by atoms with Gasteiger partial charge in [-0.3, -0.25) is 4.79 Å². The molecule has 0 aromatic carbocycles. The number of aromatic amines is 1. The third kappa shape index (κ3) is 4.10. The van der Waals surface area contributed by atoms with Crippen LogP contribution in [0.25, 0.3) is 6.08 Å². The summed E-state index contributed by atoms with van der Waals surface area (Å²) in [5, 5.41) is 8.36. The van der Waals surface area contributed by atoms with Crippen molar-refractivity contribution in [3.8, 4) is 0 Å². The molecule has 0 atom stereocenters. The van der Waals surface area contributed by atoms with Gasteiger partial charge >= 0.3 is 5.97 Å². The van der Waals surface area contributed by atoms with Crippen LogP contribution in [0.2, 0.25) is 0 Å². The zero-order valence-corrected chi connectivity index (χ0v) is 7.23. The van der Waals surface area contributed by atoms with Crippen LogP contribution in [0.4, 0.5) is 0 Å². The van der Waals surface area contributed by atoms with E-state index >= 15 is 0 Å². The van der Waals surface area contributed by atoms with E-state index in [1.54, 1.807) is 12.5 Å². The van der Waals surface area contributed by atoms with E-state index in [0.717, 1.165) is 12.1 Å². The number of allylic oxidation sites excluding steroid dienone is 1. The van der Waals surface area contributed by atoms with Gasteiger partial charge in [0, 0.05) is 6.42 Å². The van der Waals surface area contributed by atoms with Crippen LogP contribution in [0.1, 0.15) is 25.0 Å². The van der Waals surface area contributed by atoms with Crippen LogP contribution in [0, 0.1) is 0 Å². The van der Waals surface area contributed by atoms with E-state index in [1.165, 1.54) is 0 Å². The average molecular weight is 180 g/mol. The normalized spacial score (nSPS) is 10.8. The second-order valence-corrected chi connectivity index (χ2v) is 2.70. The summed E-state index contributed by atoms with van der Waals surface area (Å²) in [7, 11) is 0. The molecule has 0 unspecified atom stereocenters. The van der Waals surface area contributed by atoms with E-state index in [2.05, 4.69) is 9.97 Å². The molecular weight excluding hydrogens is 168 g/mol. The number of aliphatic carboxylic acids is 1. The second-order valence-electron chi connectivity index (χ2n) is 2.70. The maximum atomic E-state index is 10.2. The van der Waals surface area contributed by atoms with Gasteiger partial charge < -0.3 is 10.1 Å². The lowest BCUT2D eigenvalue weighted by molar-refractivity contribution is -0.137. The molecule has 1 aromatic rings. The van der Waals surface area contributed by atoms with Gasteiger partial charge in [0.05, 0.1) is 18.2 Å². The van der Waals surface area contributed by atoms with Crippen LogP contribution in [-0.4, -0.2) is 21.0 Å². The molecule has 1 aromatic heterocycles. The van der Waals surface area contributed by atoms with Crippen LogP contribution in [0.15, 0.2) is 18.6 Å². The van der Waals surface area contributed by atoms with Crippen LogP contribution in [0.5, 0.6) is 0 Å². The Balaban J connectivity index is 2.16. The number of unbranched alkanes of at least 4 members (excludes halogenated alkanes) is 1. The SMILES string of the molecule is O=C(O)CCCC=Cc1cnc[nH]1. The predicted molar refractivity (Wildman–Crippen MR) is 49.1 cm³/mol. The molecule has 70 valence electrons. The summed E-state index contributed by atoms with van der Waals surface area (Å²) in [6.07, 6.45) is 8.86. The van der Waals surface area contributed by atoms with Gasteiger partial charge in [-0.15, -0.1) is 0 Å². The van der Waals surface area contributed by atoms with Crippen molar-refractivity contribution in [2.45, 2.75) is 19.3 Å². The highest BCUT2D eigenvalue weighted by Gasteiger charge is 1.93. The first-order valence-electron chi connectivity index (χ1n) is 4.16. The van der Waals surface area contributed by atoms with Gasteiger partial charge in [-0.1, -0.05) is 6.08 Å². The van der Waals surface area contributed by atoms with Gasteiger partial charge in [-0.2, -0.15) is 0 Å². The number of hydrogen-bond acceptors (Lipinski definition) is 2. The quantitative estimate of drug-likeness (QED) is 0.677. The number of imidazole rings is 1. The number of carboxylic acids is 1. The molecule has 0 fully saturated rings. The molecule has 4 nitrogen and oxygen atoms in total. The monoisotopic (exact) mass is 180 g/mol. The van der Waals surface area contributed by atoms with Crippen molar-refractivity contribution in [2.75, 3.05) is 0 Å². The Labute approximate surface area is 76.3 Å². The smallest absolute Gasteiger partial charge is 0.303 e. The van der Waals surface area contributed by atoms with Crippen LogP contribution in [0.3, 0.4) is 0 Å². The maximum absolute atomic E-state index is 10.2. The third-order valence-corrected chi connectivity index (χ3v) is 1.58. The lowest BCUT2D eigenvalue weighted by atomic mass is 10.2. The Kier molecular flexibility index (Phi) is 3.75. The summed E-state index contributed by atoms with van der Waals surface area (Å²) in [6.45, 7) is 0. The molecule has 0 amide bonds. The average Bonchev–Trinajstić information content (AvgIpc) is 2.55. The van der Waals surface area contributed by atoms with E-state index in [0.29, 0.717) is 6.42 Å². The first kappa shape index (κ1) is 9.51. The number of hydrogen-bond donors (Lipinski definition) is 2. The minimum Gasteiger partial charge on any atom is -0.481 e. The topological polar surface area (TPSA) is 66.0 Å². The van der Waals surface area contributed by atoms with E-state index < -0.39 is 5.97 Å². The Morgan fingerprint density at radius 2 is 2.54 bits per heavy atom. The third-order valence-electron chi connectivity index (χ3n) is 1.58. The van der Waals surface area contributed by atoms with E-state index in [9.17, 15) is 4.79 Å². The van der Waals surface area contributed by atoms with Crippen molar-refractivity contribution in [1.29, 1.82) is 0 Å². The molecular formula is C9H12N2O2. The summed E-state index contributed by atoms with van der Waals surface area (Å²) in [5.74, 6) is -0.741. The van der Waals surface area contributed by atoms with E-state index in [1.807, 2.05) is 12.2 Å². The molecule has 0 bridgehead atoms. The zero-order chi connectivity index (χ0) is 9.52. The minimum absolute atomic E-state index is 0.229. The molecule has 1 heterocycles. The summed E-state index contributed by atoms with van der Waals surface area (Å²) in [4.78, 5) is 16.9. The van der Waals surface area contributed by atoms with Crippen molar-refractivity contribution in [1.82, 2.24) is 9.97 Å². The maximum Gasteiger partial charge on any atom is 0.303 e. The van der Waals surface area contributed by atoms with Crippen molar-refractivity contribution in [2.24, 2.45) is 0 Å². The molecule has 4 heteroatoms. The molecule has 0 aliphatic carbocycles. The molecule has 1 rings (SSSR count). The van der Waals surface area contributed by atoms with Crippen LogP contribution < -0.4 is 0 Å². The fourth-order valence-corrected chi connectivity index (χ4v) is 0.939. The van der Waals surface area contributed by atoms with E-state index in [4.69, 9.17) is 5.11 Å². The highest BCUT2D eigenvalue weighted by molar-refractivity contribution is 5.66. The zero-order valence-electron chi connectivity index (χ0n) is 7.23. The standard InChI is InChI=1S/C9H12N2O2/c12-9(13)5-3-1-2-4-8-6-10-7-11-8/h2,4,6-7H,1,3,5H2,(H,10,11)(H,12,13). The summed E-state index contributed by atoms with van der Waals surface area (Å²) in [6, 6.07) is 0. The number of H-pyrrole nitrogens is 1. The highest BCUT2D eigenvalue weighted by atomic mass is 16.4. The first-order chi connectivity index (χ1) is 6.29. The summed E-state index contributed by atoms with van der Waals surface area (Å²) < 4.78 is 0. The van der Waals surface area contributed by atoms with Crippen LogP contribution in [-0.2, 0) is 4.79 Å². The van der Waals surface area contributed by atoms with Crippen LogP contribution >= 0.6 is 0 Å². The molecule has 0 aliphatic rings. The number of nitrogens with zero attached hydrogens (tertiary/aromatic N) is 1. The minimum atomic E-state index is -0.741. The Bertz CT molecular complexity index is 278. The molecule has 0 aliphatic heterocycles. The predicted octanol–water partition coefficient (Wildman–Crippen LogP) is 1.68. The Morgan fingerprint density at radius 3 is 3.15 bits per heavy atom. The van der Waals surface area contributed by atoms with Crippen molar-refractivity contribution in [3.05, 3.63) is 24.3 Å². The van der Waals surface area contributed by atoms with E-state index in [-0.39, 0.29) is 6.42 Å². The molecule has 13 heavy (non-hydrogen) atoms. The number of nitrogens with one attached hydrogen (secondary N) is 1. The summed E-state index contributed by atoms with van der Waals surface area (Å²) >= 11 is 0. The lowest BCUT2D eigenvalue weighted by Crippen LogP contribution is -1.92. The molecule has 0 saturated carbocycles. The summed E-state index contributed by atoms with van der Waals surface area (Å²) in [5.41, 5.74) is 0.940. The van der Waals surface area contributed by atoms with Gasteiger partial charge in [0.15, 0.2) is 0 Å². The fraction of sp³-hybridized carbons (Fsp3) is 0.333. The van der Waals surface area contributed by atoms with Gasteiger partial charge in [-0.25, -0.2) is 4.98 Å². The van der Waals surface area contributed by atoms with Gasteiger partial charge in [0.25, 0.3) is 0 Å². The van der Waals surface area contributed by atoms with Gasteiger partial charge in [0.2, 0.25) is 0 Å². The van der Waals surface area contributed by atoms with Crippen molar-refractivity contribution < 1.29 is 9.90 Å². The number of aromatic nitrogens is 2. The molecule has 2 N–H and O–H groups in total. The molecule has 0 spiro atoms. The molecule has 0 saturated heterocycles. The highest BCUT2D eigenvalue weighted by Crippen LogP contribution is 2.00.